The summed E-state index contributed by atoms with van der Waals surface area (Å²) in [7, 11) is 0. The van der Waals surface area contributed by atoms with Crippen molar-refractivity contribution in [3.63, 3.8) is 0 Å². The van der Waals surface area contributed by atoms with Gasteiger partial charge >= 0.3 is 12.1 Å². The number of nitrogens with one attached hydrogen (secondary N) is 3. The molecule has 0 aliphatic carbocycles. The van der Waals surface area contributed by atoms with Crippen LogP contribution in [0.1, 0.15) is 51.2 Å². The van der Waals surface area contributed by atoms with E-state index in [-0.39, 0.29) is 18.9 Å². The molecule has 2 amide bonds. The molecule has 3 N–H and O–H groups in total. The van der Waals surface area contributed by atoms with Crippen molar-refractivity contribution < 1.29 is 28.6 Å². The summed E-state index contributed by atoms with van der Waals surface area (Å²) in [6, 6.07) is 15.6. The lowest BCUT2D eigenvalue weighted by molar-refractivity contribution is -0.157. The van der Waals surface area contributed by atoms with E-state index in [1.54, 1.807) is 32.9 Å². The zero-order chi connectivity index (χ0) is 28.1. The van der Waals surface area contributed by atoms with Crippen LogP contribution in [0.15, 0.2) is 59.6 Å². The molecular weight excluding hydrogens is 500 g/mol. The predicted octanol–water partition coefficient (Wildman–Crippen LogP) is 3.49. The van der Waals surface area contributed by atoms with Crippen LogP contribution in [-0.2, 0) is 32.1 Å². The number of ether oxygens (including phenoxy) is 3. The fourth-order valence-corrected chi connectivity index (χ4v) is 3.66. The minimum atomic E-state index is -0.930. The molecule has 0 bridgehead atoms. The van der Waals surface area contributed by atoms with Crippen LogP contribution < -0.4 is 20.7 Å². The molecule has 1 heterocycles. The van der Waals surface area contributed by atoms with E-state index in [0.717, 1.165) is 24.1 Å². The summed E-state index contributed by atoms with van der Waals surface area (Å²) in [5, 5.41) is 8.45. The Morgan fingerprint density at radius 1 is 1.03 bits per heavy atom. The Labute approximate surface area is 229 Å². The summed E-state index contributed by atoms with van der Waals surface area (Å²) in [6.45, 7) is 7.31. The normalized spacial score (nSPS) is 13.8. The molecule has 3 rings (SSSR count). The molecule has 210 valence electrons. The number of alkyl carbamates (subject to hydrolysis) is 1. The standard InChI is InChI=1S/C29H38N4O6/c1-29(2,3)39-26(35)24(32-28(36)38-20-22-9-5-4-6-10-22)19-21-12-14-23(15-13-21)37-18-7-11-25(34)33-27-30-16-8-17-31-27/h4-6,9-10,12-15,24H,7-8,11,16-20H2,1-3H3,(H,32,36)(H2,30,31,33,34)/t24-/m0/s1. The van der Waals surface area contributed by atoms with Gasteiger partial charge in [-0.2, -0.15) is 0 Å². The van der Waals surface area contributed by atoms with Gasteiger partial charge in [0.1, 0.15) is 24.0 Å². The minimum absolute atomic E-state index is 0.0903. The highest BCUT2D eigenvalue weighted by molar-refractivity contribution is 5.97. The molecule has 1 atom stereocenters. The SMILES string of the molecule is CC(C)(C)OC(=O)[C@H](Cc1ccc(OCCCC(=O)NC2=NCCCN2)cc1)NC(=O)OCc1ccccc1. The summed E-state index contributed by atoms with van der Waals surface area (Å²) in [5.41, 5.74) is 0.940. The Balaban J connectivity index is 1.48. The molecule has 1 aliphatic rings. The van der Waals surface area contributed by atoms with Crippen molar-refractivity contribution in [2.75, 3.05) is 19.7 Å². The number of guanidine groups is 1. The Hall–Kier alpha value is -4.08. The Morgan fingerprint density at radius 3 is 2.44 bits per heavy atom. The molecule has 10 nitrogen and oxygen atoms in total. The number of carbonyl (C=O) groups excluding carboxylic acids is 3. The van der Waals surface area contributed by atoms with Gasteiger partial charge in [-0.1, -0.05) is 42.5 Å². The minimum Gasteiger partial charge on any atom is -0.494 e. The number of nitrogens with zero attached hydrogens (tertiary/aromatic N) is 1. The van der Waals surface area contributed by atoms with Crippen LogP contribution >= 0.6 is 0 Å². The van der Waals surface area contributed by atoms with E-state index >= 15 is 0 Å². The largest absolute Gasteiger partial charge is 0.494 e. The average Bonchev–Trinajstić information content (AvgIpc) is 2.90. The van der Waals surface area contributed by atoms with Crippen molar-refractivity contribution in [3.05, 3.63) is 65.7 Å². The number of hydrogen-bond donors (Lipinski definition) is 3. The highest BCUT2D eigenvalue weighted by Gasteiger charge is 2.27. The highest BCUT2D eigenvalue weighted by atomic mass is 16.6. The van der Waals surface area contributed by atoms with Crippen LogP contribution in [0.25, 0.3) is 0 Å². The van der Waals surface area contributed by atoms with Crippen LogP contribution in [0.4, 0.5) is 4.79 Å². The number of amides is 2. The number of benzene rings is 2. The van der Waals surface area contributed by atoms with Gasteiger partial charge in [-0.05, 0) is 56.9 Å². The van der Waals surface area contributed by atoms with E-state index in [4.69, 9.17) is 14.2 Å². The number of hydrogen-bond acceptors (Lipinski definition) is 8. The zero-order valence-corrected chi connectivity index (χ0v) is 22.8. The van der Waals surface area contributed by atoms with Crippen molar-refractivity contribution in [3.8, 4) is 5.75 Å². The number of aliphatic imine (C=N–C) groups is 1. The molecule has 0 saturated heterocycles. The van der Waals surface area contributed by atoms with E-state index in [9.17, 15) is 14.4 Å². The molecule has 0 radical (unpaired) electrons. The maximum atomic E-state index is 12.8. The van der Waals surface area contributed by atoms with Crippen LogP contribution in [-0.4, -0.2) is 55.3 Å². The van der Waals surface area contributed by atoms with Crippen LogP contribution in [0, 0.1) is 0 Å². The van der Waals surface area contributed by atoms with Gasteiger partial charge in [-0.25, -0.2) is 9.59 Å². The monoisotopic (exact) mass is 538 g/mol. The van der Waals surface area contributed by atoms with Crippen LogP contribution in [0.5, 0.6) is 5.75 Å². The molecule has 1 aliphatic heterocycles. The third-order valence-electron chi connectivity index (χ3n) is 5.53. The lowest BCUT2D eigenvalue weighted by Gasteiger charge is -2.24. The predicted molar refractivity (Wildman–Crippen MR) is 147 cm³/mol. The summed E-state index contributed by atoms with van der Waals surface area (Å²) in [5.74, 6) is 0.519. The Morgan fingerprint density at radius 2 is 1.77 bits per heavy atom. The van der Waals surface area contributed by atoms with E-state index in [2.05, 4.69) is 20.9 Å². The third kappa shape index (κ3) is 11.5. The van der Waals surface area contributed by atoms with Crippen molar-refractivity contribution in [2.45, 2.75) is 64.7 Å². The quantitative estimate of drug-likeness (QED) is 0.295. The molecule has 0 spiro atoms. The first-order valence-corrected chi connectivity index (χ1v) is 13.2. The van der Waals surface area contributed by atoms with Gasteiger partial charge in [0.25, 0.3) is 0 Å². The maximum absolute atomic E-state index is 12.8. The van der Waals surface area contributed by atoms with Gasteiger partial charge in [0, 0.05) is 25.9 Å². The van der Waals surface area contributed by atoms with E-state index in [1.807, 2.05) is 42.5 Å². The van der Waals surface area contributed by atoms with Gasteiger partial charge in [0.05, 0.1) is 6.61 Å². The second kappa shape index (κ2) is 14.8. The van der Waals surface area contributed by atoms with Gasteiger partial charge in [0.2, 0.25) is 5.91 Å². The summed E-state index contributed by atoms with van der Waals surface area (Å²) < 4.78 is 16.6. The number of esters is 1. The molecular formula is C29H38N4O6. The van der Waals surface area contributed by atoms with Gasteiger partial charge in [-0.3, -0.25) is 15.1 Å². The number of carbonyl (C=O) groups is 3. The topological polar surface area (TPSA) is 127 Å². The summed E-state index contributed by atoms with van der Waals surface area (Å²) >= 11 is 0. The molecule has 2 aromatic rings. The molecule has 0 aromatic heterocycles. The summed E-state index contributed by atoms with van der Waals surface area (Å²) in [4.78, 5) is 41.5. The lowest BCUT2D eigenvalue weighted by Crippen LogP contribution is -2.45. The van der Waals surface area contributed by atoms with Gasteiger partial charge in [-0.15, -0.1) is 0 Å². The highest BCUT2D eigenvalue weighted by Crippen LogP contribution is 2.16. The molecule has 39 heavy (non-hydrogen) atoms. The molecule has 2 aromatic carbocycles. The zero-order valence-electron chi connectivity index (χ0n) is 22.8. The van der Waals surface area contributed by atoms with Crippen molar-refractivity contribution in [2.24, 2.45) is 4.99 Å². The Bertz CT molecular complexity index is 1110. The molecule has 0 saturated carbocycles. The Kier molecular flexibility index (Phi) is 11.1. The second-order valence-corrected chi connectivity index (χ2v) is 10.2. The van der Waals surface area contributed by atoms with E-state index in [0.29, 0.717) is 37.7 Å². The lowest BCUT2D eigenvalue weighted by atomic mass is 10.1. The fraction of sp³-hybridized carbons (Fsp3) is 0.448. The average molecular weight is 539 g/mol. The molecule has 0 fully saturated rings. The first-order chi connectivity index (χ1) is 18.7. The molecule has 0 unspecified atom stereocenters. The van der Waals surface area contributed by atoms with Crippen molar-refractivity contribution in [1.29, 1.82) is 0 Å². The number of rotatable bonds is 11. The van der Waals surface area contributed by atoms with Crippen molar-refractivity contribution >= 4 is 23.9 Å². The van der Waals surface area contributed by atoms with Crippen molar-refractivity contribution in [1.82, 2.24) is 16.0 Å². The first-order valence-electron chi connectivity index (χ1n) is 13.2. The van der Waals surface area contributed by atoms with Gasteiger partial charge < -0.3 is 24.8 Å². The smallest absolute Gasteiger partial charge is 0.408 e. The van der Waals surface area contributed by atoms with E-state index in [1.165, 1.54) is 0 Å². The second-order valence-electron chi connectivity index (χ2n) is 10.2. The van der Waals surface area contributed by atoms with Crippen LogP contribution in [0.2, 0.25) is 0 Å². The maximum Gasteiger partial charge on any atom is 0.408 e. The summed E-state index contributed by atoms with van der Waals surface area (Å²) in [6.07, 6.45) is 1.35. The van der Waals surface area contributed by atoms with Crippen LogP contribution in [0.3, 0.4) is 0 Å². The van der Waals surface area contributed by atoms with E-state index < -0.39 is 23.7 Å². The first kappa shape index (κ1) is 29.5. The van der Waals surface area contributed by atoms with Gasteiger partial charge in [0.15, 0.2) is 5.96 Å². The fourth-order valence-electron chi connectivity index (χ4n) is 3.66. The molecule has 10 heteroatoms. The third-order valence-corrected chi connectivity index (χ3v) is 5.53.